The van der Waals surface area contributed by atoms with Crippen LogP contribution in [0, 0.1) is 34.5 Å². The Labute approximate surface area is 139 Å². The number of carbonyl (C=O) groups excluding carboxylic acids is 2. The Balaban J connectivity index is 1.72. The van der Waals surface area contributed by atoms with Crippen LogP contribution in [0.4, 0.5) is 0 Å². The van der Waals surface area contributed by atoms with Crippen LogP contribution in [0.15, 0.2) is 23.8 Å². The van der Waals surface area contributed by atoms with Gasteiger partial charge in [-0.05, 0) is 79.3 Å². The maximum absolute atomic E-state index is 12.1. The summed E-state index contributed by atoms with van der Waals surface area (Å²) in [5, 5.41) is 0. The van der Waals surface area contributed by atoms with Crippen molar-refractivity contribution in [3.63, 3.8) is 0 Å². The molecule has 2 heteroatoms. The molecule has 6 atom stereocenters. The summed E-state index contributed by atoms with van der Waals surface area (Å²) in [6.45, 7) is 6.54. The van der Waals surface area contributed by atoms with Crippen LogP contribution in [0.2, 0.25) is 0 Å². The van der Waals surface area contributed by atoms with Crippen LogP contribution in [0.25, 0.3) is 0 Å². The van der Waals surface area contributed by atoms with Crippen LogP contribution in [0.1, 0.15) is 59.3 Å². The molecule has 0 bridgehead atoms. The maximum atomic E-state index is 12.1. The van der Waals surface area contributed by atoms with E-state index in [0.29, 0.717) is 35.7 Å². The van der Waals surface area contributed by atoms with E-state index in [1.807, 2.05) is 6.08 Å². The minimum absolute atomic E-state index is 0.170. The molecule has 0 heterocycles. The predicted octanol–water partition coefficient (Wildman–Crippen LogP) is 4.50. The molecule has 4 aliphatic carbocycles. The molecule has 0 aromatic rings. The molecule has 0 unspecified atom stereocenters. The summed E-state index contributed by atoms with van der Waals surface area (Å²) >= 11 is 0. The monoisotopic (exact) mass is 312 g/mol. The first-order valence-electron chi connectivity index (χ1n) is 9.30. The lowest BCUT2D eigenvalue weighted by Gasteiger charge is -2.55. The quantitative estimate of drug-likeness (QED) is 0.714. The van der Waals surface area contributed by atoms with Gasteiger partial charge in [0.1, 0.15) is 5.78 Å². The highest BCUT2D eigenvalue weighted by atomic mass is 16.1. The number of allylic oxidation sites excluding steroid dienone is 4. The Bertz CT molecular complexity index is 628. The number of rotatable bonds is 1. The van der Waals surface area contributed by atoms with Gasteiger partial charge >= 0.3 is 0 Å². The van der Waals surface area contributed by atoms with Crippen molar-refractivity contribution in [2.75, 3.05) is 0 Å². The van der Waals surface area contributed by atoms with E-state index in [2.05, 4.69) is 26.0 Å². The van der Waals surface area contributed by atoms with Gasteiger partial charge in [0.15, 0.2) is 5.78 Å². The summed E-state index contributed by atoms with van der Waals surface area (Å²) < 4.78 is 0. The summed E-state index contributed by atoms with van der Waals surface area (Å²) in [5.74, 6) is 2.83. The first-order chi connectivity index (χ1) is 10.9. The van der Waals surface area contributed by atoms with E-state index >= 15 is 0 Å². The highest BCUT2D eigenvalue weighted by Gasteiger charge is 2.58. The van der Waals surface area contributed by atoms with Crippen molar-refractivity contribution in [2.45, 2.75) is 59.3 Å². The average molecular weight is 312 g/mol. The third-order valence-corrected chi connectivity index (χ3v) is 8.01. The predicted molar refractivity (Wildman–Crippen MR) is 90.8 cm³/mol. The van der Waals surface area contributed by atoms with Gasteiger partial charge in [-0.3, -0.25) is 9.59 Å². The molecule has 0 aromatic heterocycles. The van der Waals surface area contributed by atoms with E-state index < -0.39 is 0 Å². The summed E-state index contributed by atoms with van der Waals surface area (Å²) in [6.07, 6.45) is 12.9. The molecule has 4 aliphatic rings. The highest BCUT2D eigenvalue weighted by molar-refractivity contribution is 5.92. The van der Waals surface area contributed by atoms with Crippen LogP contribution in [-0.2, 0) is 9.59 Å². The molecule has 2 nitrogen and oxygen atoms in total. The molecule has 0 saturated heterocycles. The average Bonchev–Trinajstić information content (AvgIpc) is 2.85. The molecule has 0 spiro atoms. The standard InChI is InChI=1S/C21H28O2/c1-13(22)17-6-7-18-16-5-4-14-12-15(23)8-10-20(14,2)19(16)9-11-21(17,18)3/h4-5,12,16-19H,6-11H2,1-3H3/t16-,17-,18-,19+,20+,21+/m0/s1. The van der Waals surface area contributed by atoms with E-state index in [0.717, 1.165) is 12.8 Å². The Morgan fingerprint density at radius 2 is 1.91 bits per heavy atom. The number of hydrogen-bond donors (Lipinski definition) is 0. The lowest BCUT2D eigenvalue weighted by Crippen LogP contribution is -2.49. The van der Waals surface area contributed by atoms with Crippen LogP contribution in [-0.4, -0.2) is 11.6 Å². The fraction of sp³-hybridized carbons (Fsp3) is 0.714. The second-order valence-corrected chi connectivity index (χ2v) is 8.92. The summed E-state index contributed by atoms with van der Waals surface area (Å²) in [4.78, 5) is 24.0. The van der Waals surface area contributed by atoms with E-state index in [1.54, 1.807) is 6.92 Å². The number of Topliss-reactive ketones (excluding diaryl/α,β-unsaturated/α-hetero) is 1. The molecule has 0 radical (unpaired) electrons. The maximum Gasteiger partial charge on any atom is 0.156 e. The van der Waals surface area contributed by atoms with E-state index in [1.165, 1.54) is 24.8 Å². The molecule has 4 rings (SSSR count). The lowest BCUT2D eigenvalue weighted by molar-refractivity contribution is -0.127. The molecular formula is C21H28O2. The Morgan fingerprint density at radius 3 is 2.65 bits per heavy atom. The van der Waals surface area contributed by atoms with Gasteiger partial charge in [0.25, 0.3) is 0 Å². The highest BCUT2D eigenvalue weighted by Crippen LogP contribution is 2.65. The van der Waals surface area contributed by atoms with Gasteiger partial charge in [-0.15, -0.1) is 0 Å². The minimum Gasteiger partial charge on any atom is -0.300 e. The lowest BCUT2D eigenvalue weighted by atomic mass is 9.48. The van der Waals surface area contributed by atoms with Crippen LogP contribution < -0.4 is 0 Å². The summed E-state index contributed by atoms with van der Waals surface area (Å²) in [5.41, 5.74) is 1.63. The topological polar surface area (TPSA) is 34.1 Å². The molecule has 0 N–H and O–H groups in total. The van der Waals surface area contributed by atoms with E-state index in [-0.39, 0.29) is 16.7 Å². The fourth-order valence-corrected chi connectivity index (χ4v) is 6.66. The van der Waals surface area contributed by atoms with E-state index in [4.69, 9.17) is 0 Å². The van der Waals surface area contributed by atoms with E-state index in [9.17, 15) is 9.59 Å². The second kappa shape index (κ2) is 4.91. The van der Waals surface area contributed by atoms with Crippen LogP contribution in [0.3, 0.4) is 0 Å². The normalized spacial score (nSPS) is 48.3. The van der Waals surface area contributed by atoms with Gasteiger partial charge < -0.3 is 0 Å². The first-order valence-corrected chi connectivity index (χ1v) is 9.30. The van der Waals surface area contributed by atoms with Crippen molar-refractivity contribution in [2.24, 2.45) is 34.5 Å². The van der Waals surface area contributed by atoms with Gasteiger partial charge in [0, 0.05) is 12.3 Å². The largest absolute Gasteiger partial charge is 0.300 e. The van der Waals surface area contributed by atoms with Crippen LogP contribution in [0.5, 0.6) is 0 Å². The zero-order chi connectivity index (χ0) is 16.4. The Hall–Kier alpha value is -1.18. The zero-order valence-electron chi connectivity index (χ0n) is 14.6. The van der Waals surface area contributed by atoms with Gasteiger partial charge in [0.05, 0.1) is 0 Å². The molecular weight excluding hydrogens is 284 g/mol. The Kier molecular flexibility index (Phi) is 3.28. The molecule has 124 valence electrons. The second-order valence-electron chi connectivity index (χ2n) is 8.92. The van der Waals surface area contributed by atoms with Gasteiger partial charge in [-0.2, -0.15) is 0 Å². The summed E-state index contributed by atoms with van der Waals surface area (Å²) in [7, 11) is 0. The van der Waals surface area contributed by atoms with Gasteiger partial charge in [-0.1, -0.05) is 26.0 Å². The van der Waals surface area contributed by atoms with Crippen molar-refractivity contribution < 1.29 is 9.59 Å². The van der Waals surface area contributed by atoms with Crippen molar-refractivity contribution in [1.82, 2.24) is 0 Å². The minimum atomic E-state index is 0.170. The summed E-state index contributed by atoms with van der Waals surface area (Å²) in [6, 6.07) is 0. The molecule has 0 aromatic carbocycles. The molecule has 0 aliphatic heterocycles. The van der Waals surface area contributed by atoms with Gasteiger partial charge in [-0.25, -0.2) is 0 Å². The van der Waals surface area contributed by atoms with Crippen molar-refractivity contribution in [1.29, 1.82) is 0 Å². The number of fused-ring (bicyclic) bond motifs is 5. The van der Waals surface area contributed by atoms with Gasteiger partial charge in [0.2, 0.25) is 0 Å². The third kappa shape index (κ3) is 1.99. The third-order valence-electron chi connectivity index (χ3n) is 8.01. The number of carbonyl (C=O) groups is 2. The number of hydrogen-bond acceptors (Lipinski definition) is 2. The van der Waals surface area contributed by atoms with Crippen LogP contribution >= 0.6 is 0 Å². The Morgan fingerprint density at radius 1 is 1.13 bits per heavy atom. The van der Waals surface area contributed by atoms with Crippen molar-refractivity contribution in [3.8, 4) is 0 Å². The first kappa shape index (κ1) is 15.4. The smallest absolute Gasteiger partial charge is 0.156 e. The molecule has 23 heavy (non-hydrogen) atoms. The van der Waals surface area contributed by atoms with Crippen molar-refractivity contribution in [3.05, 3.63) is 23.8 Å². The zero-order valence-corrected chi connectivity index (χ0v) is 14.6. The SMILES string of the molecule is CC(=O)[C@@H]1CC[C@H]2[C@@H]3C=CC4=CC(=O)CC[C@@]4(C)[C@@H]3CC[C@]12C. The molecule has 2 fully saturated rings. The molecule has 0 amide bonds. The number of ketones is 2. The van der Waals surface area contributed by atoms with Crippen molar-refractivity contribution >= 4 is 11.6 Å². The molecule has 2 saturated carbocycles. The fourth-order valence-electron chi connectivity index (χ4n) is 6.66.